The third-order valence-corrected chi connectivity index (χ3v) is 4.96. The van der Waals surface area contributed by atoms with Gasteiger partial charge in [0.15, 0.2) is 0 Å². The molecule has 1 aliphatic rings. The molecule has 0 saturated carbocycles. The molecule has 1 fully saturated rings. The Morgan fingerprint density at radius 1 is 1.09 bits per heavy atom. The van der Waals surface area contributed by atoms with Crippen molar-refractivity contribution in [1.29, 1.82) is 0 Å². The van der Waals surface area contributed by atoms with E-state index in [1.165, 1.54) is 16.0 Å². The van der Waals surface area contributed by atoms with Gasteiger partial charge >= 0.3 is 7.48 Å². The molecular weight excluding hydrogens is 417 g/mol. The summed E-state index contributed by atoms with van der Waals surface area (Å²) in [7, 11) is 0.969. The number of fused-ring (bicyclic) bond motifs is 1. The maximum absolute atomic E-state index is 11.7. The normalized spacial score (nSPS) is 14.6. The second kappa shape index (κ2) is 12.6. The van der Waals surface area contributed by atoms with Gasteiger partial charge in [0, 0.05) is 17.8 Å². The predicted molar refractivity (Wildman–Crippen MR) is 132 cm³/mol. The average Bonchev–Trinajstić information content (AvgIpc) is 3.13. The summed E-state index contributed by atoms with van der Waals surface area (Å²) in [6, 6.07) is 12.7. The number of hydrogen-bond donors (Lipinski definition) is 2. The first-order valence-electron chi connectivity index (χ1n) is 11.1. The molecule has 4 rings (SSSR count). The van der Waals surface area contributed by atoms with Crippen molar-refractivity contribution in [3.63, 3.8) is 0 Å². The van der Waals surface area contributed by atoms with Gasteiger partial charge in [-0.25, -0.2) is 5.01 Å². The van der Waals surface area contributed by atoms with Gasteiger partial charge in [0.1, 0.15) is 11.7 Å². The van der Waals surface area contributed by atoms with Crippen LogP contribution in [0.2, 0.25) is 0 Å². The van der Waals surface area contributed by atoms with Crippen LogP contribution in [0.3, 0.4) is 0 Å². The molecule has 1 aromatic heterocycles. The van der Waals surface area contributed by atoms with Crippen molar-refractivity contribution in [2.45, 2.75) is 41.0 Å². The number of aromatic nitrogens is 1. The lowest BCUT2D eigenvalue weighted by atomic mass is 9.89. The molecule has 2 heterocycles. The van der Waals surface area contributed by atoms with E-state index >= 15 is 0 Å². The molecule has 8 heteroatoms. The van der Waals surface area contributed by atoms with Crippen LogP contribution >= 0.6 is 0 Å². The molecule has 3 aromatic rings. The maximum atomic E-state index is 11.7. The van der Waals surface area contributed by atoms with Crippen LogP contribution in [0.15, 0.2) is 54.9 Å². The van der Waals surface area contributed by atoms with Crippen LogP contribution in [0.25, 0.3) is 10.8 Å². The van der Waals surface area contributed by atoms with Gasteiger partial charge in [0.25, 0.3) is 11.8 Å². The summed E-state index contributed by atoms with van der Waals surface area (Å²) in [5, 5.41) is 12.3. The van der Waals surface area contributed by atoms with Crippen LogP contribution in [0.4, 0.5) is 5.69 Å². The number of pyridine rings is 1. The fourth-order valence-corrected chi connectivity index (χ4v) is 3.12. The van der Waals surface area contributed by atoms with Gasteiger partial charge in [-0.15, -0.1) is 0 Å². The van der Waals surface area contributed by atoms with E-state index in [0.29, 0.717) is 11.2 Å². The van der Waals surface area contributed by atoms with E-state index in [0.717, 1.165) is 31.6 Å². The number of hydrazine groups is 1. The molecule has 1 saturated heterocycles. The Bertz CT molecular complexity index is 1070. The molecule has 2 amide bonds. The molecule has 173 valence electrons. The number of carbonyl (C=O) groups excluding carboxylic acids is 2. The molecule has 1 atom stereocenters. The highest BCUT2D eigenvalue weighted by molar-refractivity contribution is 6.45. The van der Waals surface area contributed by atoms with E-state index in [4.69, 9.17) is 9.76 Å². The van der Waals surface area contributed by atoms with E-state index in [-0.39, 0.29) is 11.8 Å². The molecule has 0 spiro atoms. The second-order valence-corrected chi connectivity index (χ2v) is 7.24. The van der Waals surface area contributed by atoms with Crippen LogP contribution in [0, 0.1) is 12.8 Å². The average molecular weight is 448 g/mol. The third-order valence-electron chi connectivity index (χ3n) is 4.96. The van der Waals surface area contributed by atoms with Crippen molar-refractivity contribution in [2.24, 2.45) is 5.92 Å². The number of hydrogen-bond acceptors (Lipinski definition) is 5. The number of anilines is 1. The molecule has 0 aliphatic carbocycles. The van der Waals surface area contributed by atoms with E-state index in [1.807, 2.05) is 38.4 Å². The Morgan fingerprint density at radius 3 is 2.36 bits per heavy atom. The number of nitrogens with one attached hydrogen (secondary N) is 1. The number of ether oxygens (including phenoxy) is 1. The van der Waals surface area contributed by atoms with E-state index in [1.54, 1.807) is 31.2 Å². The summed E-state index contributed by atoms with van der Waals surface area (Å²) in [6.45, 7) is 10.5. The van der Waals surface area contributed by atoms with Gasteiger partial charge in [-0.1, -0.05) is 44.4 Å². The van der Waals surface area contributed by atoms with Crippen LogP contribution in [-0.4, -0.2) is 35.9 Å². The molecule has 7 nitrogen and oxygen atoms in total. The quantitative estimate of drug-likeness (QED) is 0.462. The number of amides is 2. The van der Waals surface area contributed by atoms with Gasteiger partial charge < -0.3 is 9.76 Å². The first-order chi connectivity index (χ1) is 16.0. The summed E-state index contributed by atoms with van der Waals surface area (Å²) in [5.41, 5.74) is 4.95. The Balaban J connectivity index is 0.000000218. The van der Waals surface area contributed by atoms with Crippen LogP contribution < -0.4 is 20.6 Å². The number of carbonyl (C=O) groups is 2. The van der Waals surface area contributed by atoms with Crippen molar-refractivity contribution < 1.29 is 19.3 Å². The maximum Gasteiger partial charge on any atom is 0.326 e. The fourth-order valence-electron chi connectivity index (χ4n) is 3.12. The molecular formula is C25H31BN3O4. The zero-order valence-electron chi connectivity index (χ0n) is 19.8. The molecule has 1 unspecified atom stereocenters. The van der Waals surface area contributed by atoms with E-state index < -0.39 is 5.92 Å². The van der Waals surface area contributed by atoms with Crippen LogP contribution in [0.1, 0.15) is 39.7 Å². The third kappa shape index (κ3) is 6.32. The number of rotatable bonds is 5. The minimum absolute atomic E-state index is 0.272. The molecule has 33 heavy (non-hydrogen) atoms. The van der Waals surface area contributed by atoms with Gasteiger partial charge in [-0.3, -0.25) is 20.0 Å². The van der Waals surface area contributed by atoms with Crippen molar-refractivity contribution in [3.05, 3.63) is 60.4 Å². The zero-order chi connectivity index (χ0) is 24.4. The highest BCUT2D eigenvalue weighted by atomic mass is 16.5. The second-order valence-electron chi connectivity index (χ2n) is 7.24. The predicted octanol–water partition coefficient (Wildman–Crippen LogP) is 3.30. The lowest BCUT2D eigenvalue weighted by Gasteiger charge is -2.15. The van der Waals surface area contributed by atoms with Gasteiger partial charge in [0.2, 0.25) is 0 Å². The van der Waals surface area contributed by atoms with Crippen molar-refractivity contribution in [2.75, 3.05) is 11.6 Å². The Kier molecular flexibility index (Phi) is 9.88. The number of nitrogens with zero attached hydrogens (tertiary/aromatic N) is 2. The molecule has 2 N–H and O–H groups in total. The first kappa shape index (κ1) is 25.9. The standard InChI is InChI=1S/C13H15NO.C10H10BN2O3.C2H6/c1-3-8-15-13-5-4-10(2)11-6-7-14-9-12(11)13;1-6-9(14)12-13(10(6)15)8-4-2-7(11-16)3-5-8;1-2/h4-7,9H,3,8H2,1-2H3;2-6,16H,1H3,(H,12,14);1-2H3. The highest BCUT2D eigenvalue weighted by Gasteiger charge is 2.36. The van der Waals surface area contributed by atoms with Crippen molar-refractivity contribution in [3.8, 4) is 5.75 Å². The summed E-state index contributed by atoms with van der Waals surface area (Å²) in [4.78, 5) is 27.1. The molecule has 1 radical (unpaired) electrons. The largest absolute Gasteiger partial charge is 0.493 e. The van der Waals surface area contributed by atoms with Crippen LogP contribution in [0.5, 0.6) is 5.75 Å². The highest BCUT2D eigenvalue weighted by Crippen LogP contribution is 2.27. The summed E-state index contributed by atoms with van der Waals surface area (Å²) in [5.74, 6) is -0.289. The SMILES string of the molecule is CC.CC1C(=O)NN(c2ccc([B]O)cc2)C1=O.CCCOc1ccc(C)c2ccncc12. The lowest BCUT2D eigenvalue weighted by Crippen LogP contribution is -2.36. The van der Waals surface area contributed by atoms with Crippen molar-refractivity contribution >= 4 is 41.2 Å². The minimum Gasteiger partial charge on any atom is -0.493 e. The van der Waals surface area contributed by atoms with Crippen LogP contribution in [-0.2, 0) is 9.59 Å². The van der Waals surface area contributed by atoms with E-state index in [9.17, 15) is 9.59 Å². The first-order valence-corrected chi connectivity index (χ1v) is 11.1. The Labute approximate surface area is 196 Å². The van der Waals surface area contributed by atoms with Gasteiger partial charge in [-0.2, -0.15) is 0 Å². The van der Waals surface area contributed by atoms with Gasteiger partial charge in [0.05, 0.1) is 12.3 Å². The number of benzene rings is 2. The molecule has 1 aliphatic heterocycles. The monoisotopic (exact) mass is 448 g/mol. The summed E-state index contributed by atoms with van der Waals surface area (Å²) in [6.07, 6.45) is 4.71. The fraction of sp³-hybridized carbons (Fsp3) is 0.320. The van der Waals surface area contributed by atoms with Crippen molar-refractivity contribution in [1.82, 2.24) is 10.4 Å². The Hall–Kier alpha value is -3.39. The van der Waals surface area contributed by atoms with Gasteiger partial charge in [-0.05, 0) is 55.5 Å². The smallest absolute Gasteiger partial charge is 0.326 e. The Morgan fingerprint density at radius 2 is 1.79 bits per heavy atom. The summed E-state index contributed by atoms with van der Waals surface area (Å²) < 4.78 is 5.68. The number of aryl methyl sites for hydroxylation is 1. The molecule has 0 bridgehead atoms. The lowest BCUT2D eigenvalue weighted by molar-refractivity contribution is -0.126. The minimum atomic E-state index is -0.649. The van der Waals surface area contributed by atoms with E-state index in [2.05, 4.69) is 30.3 Å². The zero-order valence-corrected chi connectivity index (χ0v) is 19.8. The molecule has 2 aromatic carbocycles. The topological polar surface area (TPSA) is 91.8 Å². The summed E-state index contributed by atoms with van der Waals surface area (Å²) >= 11 is 0.